The molecule has 0 fully saturated rings. The van der Waals surface area contributed by atoms with Crippen molar-refractivity contribution < 1.29 is 9.53 Å². The number of hydrogen-bond acceptors (Lipinski definition) is 3. The maximum atomic E-state index is 11.0. The van der Waals surface area contributed by atoms with E-state index in [-0.39, 0.29) is 0 Å². The lowest BCUT2D eigenvalue weighted by Gasteiger charge is -2.20. The highest BCUT2D eigenvalue weighted by Crippen LogP contribution is 2.29. The Hall–Kier alpha value is -2.33. The van der Waals surface area contributed by atoms with Crippen LogP contribution in [0.2, 0.25) is 0 Å². The third kappa shape index (κ3) is 2.97. The molecule has 1 heterocycles. The van der Waals surface area contributed by atoms with Crippen molar-refractivity contribution in [2.24, 2.45) is 5.73 Å². The predicted molar refractivity (Wildman–Crippen MR) is 86.6 cm³/mol. The molecule has 1 amide bonds. The topological polar surface area (TPSA) is 64.3 Å². The van der Waals surface area contributed by atoms with Gasteiger partial charge in [-0.05, 0) is 54.3 Å². The summed E-state index contributed by atoms with van der Waals surface area (Å²) in [7, 11) is 0. The van der Waals surface area contributed by atoms with Gasteiger partial charge in [0.25, 0.3) is 5.91 Å². The van der Waals surface area contributed by atoms with Crippen LogP contribution in [0.5, 0.6) is 5.75 Å². The zero-order valence-corrected chi connectivity index (χ0v) is 12.6. The van der Waals surface area contributed by atoms with E-state index in [0.29, 0.717) is 5.75 Å². The van der Waals surface area contributed by atoms with Gasteiger partial charge in [-0.3, -0.25) is 4.79 Å². The number of ether oxygens (including phenoxy) is 1. The normalized spacial score (nSPS) is 15.0. The molecule has 2 aromatic carbocycles. The zero-order valence-electron chi connectivity index (χ0n) is 12.6. The largest absolute Gasteiger partial charge is 0.481 e. The molecule has 0 saturated heterocycles. The number of fused-ring (bicyclic) bond motifs is 1. The molecule has 0 spiro atoms. The molecule has 0 bridgehead atoms. The molecule has 114 valence electrons. The van der Waals surface area contributed by atoms with Gasteiger partial charge < -0.3 is 15.8 Å². The number of benzene rings is 2. The molecule has 0 saturated carbocycles. The van der Waals surface area contributed by atoms with Gasteiger partial charge in [-0.25, -0.2) is 0 Å². The van der Waals surface area contributed by atoms with Gasteiger partial charge in [0.05, 0.1) is 0 Å². The van der Waals surface area contributed by atoms with E-state index in [0.717, 1.165) is 25.1 Å². The number of rotatable bonds is 4. The molecule has 0 radical (unpaired) electrons. The Labute approximate surface area is 130 Å². The third-order valence-electron chi connectivity index (χ3n) is 4.02. The first kappa shape index (κ1) is 14.6. The number of carbonyl (C=O) groups is 1. The zero-order chi connectivity index (χ0) is 15.5. The number of nitrogens with two attached hydrogens (primary N) is 1. The lowest BCUT2D eigenvalue weighted by molar-refractivity contribution is -0.123. The summed E-state index contributed by atoms with van der Waals surface area (Å²) in [6.07, 6.45) is 0.420. The van der Waals surface area contributed by atoms with Crippen molar-refractivity contribution >= 4 is 5.91 Å². The Balaban J connectivity index is 1.86. The van der Waals surface area contributed by atoms with Crippen molar-refractivity contribution in [2.45, 2.75) is 26.0 Å². The van der Waals surface area contributed by atoms with Gasteiger partial charge in [0.1, 0.15) is 5.75 Å². The number of amides is 1. The molecule has 3 rings (SSSR count). The molecule has 0 aliphatic carbocycles. The van der Waals surface area contributed by atoms with E-state index in [2.05, 4.69) is 23.5 Å². The fraction of sp³-hybridized carbons (Fsp3) is 0.278. The average Bonchev–Trinajstić information content (AvgIpc) is 2.55. The number of hydrogen-bond donors (Lipinski definition) is 2. The first-order chi connectivity index (χ1) is 10.6. The Bertz CT molecular complexity index is 680. The fourth-order valence-electron chi connectivity index (χ4n) is 2.78. The quantitative estimate of drug-likeness (QED) is 0.909. The summed E-state index contributed by atoms with van der Waals surface area (Å²) in [5.74, 6) is 0.190. The van der Waals surface area contributed by atoms with Gasteiger partial charge in [-0.2, -0.15) is 0 Å². The highest BCUT2D eigenvalue weighted by atomic mass is 16.5. The summed E-state index contributed by atoms with van der Waals surface area (Å²) in [4.78, 5) is 11.0. The molecule has 1 atom stereocenters. The molecule has 4 heteroatoms. The minimum Gasteiger partial charge on any atom is -0.481 e. The third-order valence-corrected chi connectivity index (χ3v) is 4.02. The first-order valence-corrected chi connectivity index (χ1v) is 7.53. The van der Waals surface area contributed by atoms with Crippen LogP contribution in [0.3, 0.4) is 0 Å². The summed E-state index contributed by atoms with van der Waals surface area (Å²) in [6.45, 7) is 3.60. The van der Waals surface area contributed by atoms with Gasteiger partial charge in [0.2, 0.25) is 0 Å². The SMILES string of the molecule is C[C@@H](Oc1ccc(-c2cccc3c2CCNC3)cc1)C(N)=O. The molecule has 0 aromatic heterocycles. The fourth-order valence-corrected chi connectivity index (χ4v) is 2.78. The second-order valence-corrected chi connectivity index (χ2v) is 5.56. The second kappa shape index (κ2) is 6.20. The summed E-state index contributed by atoms with van der Waals surface area (Å²) < 4.78 is 5.49. The molecule has 3 N–H and O–H groups in total. The van der Waals surface area contributed by atoms with E-state index in [1.807, 2.05) is 24.3 Å². The van der Waals surface area contributed by atoms with Crippen LogP contribution < -0.4 is 15.8 Å². The van der Waals surface area contributed by atoms with Crippen molar-refractivity contribution in [3.05, 3.63) is 53.6 Å². The Kier molecular flexibility index (Phi) is 4.11. The minimum absolute atomic E-state index is 0.464. The minimum atomic E-state index is -0.624. The van der Waals surface area contributed by atoms with Gasteiger partial charge in [-0.1, -0.05) is 30.3 Å². The van der Waals surface area contributed by atoms with Crippen LogP contribution in [0.25, 0.3) is 11.1 Å². The predicted octanol–water partition coefficient (Wildman–Crippen LogP) is 2.25. The van der Waals surface area contributed by atoms with E-state index < -0.39 is 12.0 Å². The average molecular weight is 296 g/mol. The summed E-state index contributed by atoms with van der Waals surface area (Å²) in [5, 5.41) is 3.40. The molecule has 22 heavy (non-hydrogen) atoms. The van der Waals surface area contributed by atoms with Crippen LogP contribution in [-0.2, 0) is 17.8 Å². The first-order valence-electron chi connectivity index (χ1n) is 7.53. The lowest BCUT2D eigenvalue weighted by Crippen LogP contribution is -2.30. The summed E-state index contributed by atoms with van der Waals surface area (Å²) in [6, 6.07) is 14.3. The van der Waals surface area contributed by atoms with Crippen LogP contribution >= 0.6 is 0 Å². The number of carbonyl (C=O) groups excluding carboxylic acids is 1. The maximum absolute atomic E-state index is 11.0. The Morgan fingerprint density at radius 3 is 2.73 bits per heavy atom. The van der Waals surface area contributed by atoms with Crippen LogP contribution in [0, 0.1) is 0 Å². The molecule has 0 unspecified atom stereocenters. The monoisotopic (exact) mass is 296 g/mol. The van der Waals surface area contributed by atoms with Crippen LogP contribution in [0.15, 0.2) is 42.5 Å². The second-order valence-electron chi connectivity index (χ2n) is 5.56. The van der Waals surface area contributed by atoms with Crippen molar-refractivity contribution in [1.29, 1.82) is 0 Å². The van der Waals surface area contributed by atoms with Gasteiger partial charge in [0, 0.05) is 6.54 Å². The highest BCUT2D eigenvalue weighted by Gasteiger charge is 2.14. The molecular weight excluding hydrogens is 276 g/mol. The van der Waals surface area contributed by atoms with Crippen LogP contribution in [-0.4, -0.2) is 18.6 Å². The molecular formula is C18H20N2O2. The smallest absolute Gasteiger partial charge is 0.258 e. The summed E-state index contributed by atoms with van der Waals surface area (Å²) in [5.41, 5.74) is 10.4. The van der Waals surface area contributed by atoms with Crippen molar-refractivity contribution in [3.8, 4) is 16.9 Å². The van der Waals surface area contributed by atoms with E-state index in [9.17, 15) is 4.79 Å². The number of nitrogens with one attached hydrogen (secondary N) is 1. The van der Waals surface area contributed by atoms with Crippen molar-refractivity contribution in [2.75, 3.05) is 6.54 Å². The molecule has 1 aliphatic rings. The molecule has 4 nitrogen and oxygen atoms in total. The van der Waals surface area contributed by atoms with E-state index in [4.69, 9.17) is 10.5 Å². The van der Waals surface area contributed by atoms with Gasteiger partial charge in [-0.15, -0.1) is 0 Å². The van der Waals surface area contributed by atoms with Crippen molar-refractivity contribution in [1.82, 2.24) is 5.32 Å². The van der Waals surface area contributed by atoms with Gasteiger partial charge in [0.15, 0.2) is 6.10 Å². The number of primary amides is 1. The molecule has 2 aromatic rings. The molecule has 1 aliphatic heterocycles. The standard InChI is InChI=1S/C18H20N2O2/c1-12(18(19)21)22-15-7-5-13(6-8-15)16-4-2-3-14-11-20-10-9-17(14)16/h2-8,12,20H,9-11H2,1H3,(H2,19,21)/t12-/m1/s1. The van der Waals surface area contributed by atoms with Crippen LogP contribution in [0.1, 0.15) is 18.1 Å². The van der Waals surface area contributed by atoms with E-state index >= 15 is 0 Å². The maximum Gasteiger partial charge on any atom is 0.258 e. The highest BCUT2D eigenvalue weighted by molar-refractivity contribution is 5.78. The van der Waals surface area contributed by atoms with E-state index in [1.165, 1.54) is 16.7 Å². The van der Waals surface area contributed by atoms with E-state index in [1.54, 1.807) is 6.92 Å². The Morgan fingerprint density at radius 2 is 2.00 bits per heavy atom. The Morgan fingerprint density at radius 1 is 1.23 bits per heavy atom. The van der Waals surface area contributed by atoms with Gasteiger partial charge >= 0.3 is 0 Å². The van der Waals surface area contributed by atoms with Crippen molar-refractivity contribution in [3.63, 3.8) is 0 Å². The van der Waals surface area contributed by atoms with Crippen LogP contribution in [0.4, 0.5) is 0 Å². The summed E-state index contributed by atoms with van der Waals surface area (Å²) >= 11 is 0. The lowest BCUT2D eigenvalue weighted by atomic mass is 9.91.